The number of hydrogen-bond acceptors (Lipinski definition) is 9. The number of benzene rings is 1. The number of fused-ring (bicyclic) bond motifs is 3. The average Bonchev–Trinajstić information content (AvgIpc) is 3.06. The largest absolute Gasteiger partial charge is 0.339 e. The zero-order valence-corrected chi connectivity index (χ0v) is 20.3. The van der Waals surface area contributed by atoms with Gasteiger partial charge in [-0.1, -0.05) is 11.6 Å². The van der Waals surface area contributed by atoms with Crippen LogP contribution < -0.4 is 9.80 Å². The van der Waals surface area contributed by atoms with Crippen molar-refractivity contribution in [2.75, 3.05) is 47.5 Å². The van der Waals surface area contributed by atoms with Crippen LogP contribution in [0.5, 0.6) is 0 Å². The van der Waals surface area contributed by atoms with Crippen LogP contribution in [-0.4, -0.2) is 81.8 Å². The first-order chi connectivity index (χ1) is 16.8. The van der Waals surface area contributed by atoms with Crippen LogP contribution in [-0.2, 0) is 22.9 Å². The number of nitrogens with zero attached hydrogens (tertiary/aromatic N) is 8. The fourth-order valence-corrected chi connectivity index (χ4v) is 7.39. The first-order valence-electron chi connectivity index (χ1n) is 11.4. The van der Waals surface area contributed by atoms with Gasteiger partial charge in [0.05, 0.1) is 36.1 Å². The lowest BCUT2D eigenvalue weighted by Gasteiger charge is -2.60. The molecule has 1 aromatic carbocycles. The summed E-state index contributed by atoms with van der Waals surface area (Å²) in [6.07, 6.45) is 2.38. The number of rotatable bonds is 3. The number of sulfone groups is 1. The predicted molar refractivity (Wildman–Crippen MR) is 127 cm³/mol. The van der Waals surface area contributed by atoms with Crippen LogP contribution in [0.1, 0.15) is 11.4 Å². The van der Waals surface area contributed by atoms with Crippen LogP contribution in [0.25, 0.3) is 5.69 Å². The molecular formula is C22H22ClFN8O2S. The molecule has 4 aliphatic rings. The molecule has 3 fully saturated rings. The molecule has 0 saturated carbocycles. The second kappa shape index (κ2) is 7.34. The van der Waals surface area contributed by atoms with Gasteiger partial charge in [0.15, 0.2) is 21.5 Å². The molecule has 0 atom stereocenters. The molecule has 0 radical (unpaired) electrons. The number of aromatic nitrogens is 5. The molecule has 0 aliphatic carbocycles. The van der Waals surface area contributed by atoms with Gasteiger partial charge in [0.25, 0.3) is 0 Å². The van der Waals surface area contributed by atoms with Gasteiger partial charge >= 0.3 is 0 Å². The zero-order valence-electron chi connectivity index (χ0n) is 18.7. The first kappa shape index (κ1) is 21.5. The fraction of sp³-hybridized carbons (Fsp3) is 0.455. The highest BCUT2D eigenvalue weighted by molar-refractivity contribution is 7.92. The van der Waals surface area contributed by atoms with Crippen molar-refractivity contribution in [3.05, 3.63) is 52.8 Å². The Bertz CT molecular complexity index is 1420. The van der Waals surface area contributed by atoms with Gasteiger partial charge in [0.2, 0.25) is 11.9 Å². The van der Waals surface area contributed by atoms with Crippen molar-refractivity contribution in [2.24, 2.45) is 5.41 Å². The van der Waals surface area contributed by atoms with Crippen LogP contribution in [0.4, 0.5) is 16.3 Å². The Morgan fingerprint density at radius 2 is 1.71 bits per heavy atom. The van der Waals surface area contributed by atoms with Gasteiger partial charge in [-0.15, -0.1) is 10.2 Å². The van der Waals surface area contributed by atoms with E-state index in [0.717, 1.165) is 49.2 Å². The van der Waals surface area contributed by atoms with Crippen molar-refractivity contribution >= 4 is 33.3 Å². The van der Waals surface area contributed by atoms with Crippen molar-refractivity contribution in [2.45, 2.75) is 19.1 Å². The molecule has 2 aromatic heterocycles. The van der Waals surface area contributed by atoms with E-state index in [-0.39, 0.29) is 23.0 Å². The van der Waals surface area contributed by atoms with Crippen molar-refractivity contribution < 1.29 is 12.8 Å². The Labute approximate surface area is 206 Å². The van der Waals surface area contributed by atoms with Gasteiger partial charge in [0, 0.05) is 49.2 Å². The summed E-state index contributed by atoms with van der Waals surface area (Å²) in [4.78, 5) is 14.6. The molecule has 6 heterocycles. The quantitative estimate of drug-likeness (QED) is 0.509. The third-order valence-corrected chi connectivity index (χ3v) is 9.42. The molecule has 182 valence electrons. The standard InChI is InChI=1S/C22H22ClFN8O2S/c23-15-1-2-18-14(3-15)6-29(17-8-35(33,34)9-17)7-19-27-28-21(32(18)19)31-12-22(13-31)10-30(11-22)20-25-4-16(24)5-26-20/h1-5,17H,6-13H2. The monoisotopic (exact) mass is 516 g/mol. The van der Waals surface area contributed by atoms with Crippen LogP contribution in [0, 0.1) is 11.2 Å². The van der Waals surface area contributed by atoms with E-state index in [2.05, 4.69) is 39.4 Å². The van der Waals surface area contributed by atoms with E-state index in [0.29, 0.717) is 24.1 Å². The smallest absolute Gasteiger partial charge is 0.231 e. The summed E-state index contributed by atoms with van der Waals surface area (Å²) in [5, 5.41) is 9.69. The highest BCUT2D eigenvalue weighted by Crippen LogP contribution is 2.43. The number of halogens is 2. The van der Waals surface area contributed by atoms with Gasteiger partial charge in [0.1, 0.15) is 0 Å². The summed E-state index contributed by atoms with van der Waals surface area (Å²) in [5.41, 5.74) is 2.13. The Hall–Kier alpha value is -2.83. The molecule has 0 unspecified atom stereocenters. The van der Waals surface area contributed by atoms with E-state index in [1.54, 1.807) is 0 Å². The van der Waals surface area contributed by atoms with E-state index in [1.807, 2.05) is 18.2 Å². The number of hydrogen-bond donors (Lipinski definition) is 0. The Kier molecular flexibility index (Phi) is 4.50. The Morgan fingerprint density at radius 1 is 1.00 bits per heavy atom. The lowest BCUT2D eigenvalue weighted by Crippen LogP contribution is -2.73. The summed E-state index contributed by atoms with van der Waals surface area (Å²) >= 11 is 6.33. The number of anilines is 2. The van der Waals surface area contributed by atoms with Gasteiger partial charge in [-0.05, 0) is 23.8 Å². The summed E-state index contributed by atoms with van der Waals surface area (Å²) in [5.74, 6) is 2.04. The molecule has 1 spiro atoms. The summed E-state index contributed by atoms with van der Waals surface area (Å²) in [6.45, 7) is 4.41. The van der Waals surface area contributed by atoms with Crippen molar-refractivity contribution in [1.82, 2.24) is 29.6 Å². The van der Waals surface area contributed by atoms with E-state index in [9.17, 15) is 12.8 Å². The van der Waals surface area contributed by atoms with Crippen molar-refractivity contribution in [3.8, 4) is 5.69 Å². The highest BCUT2D eigenvalue weighted by atomic mass is 35.5. The lowest BCUT2D eigenvalue weighted by atomic mass is 9.73. The molecule has 35 heavy (non-hydrogen) atoms. The van der Waals surface area contributed by atoms with Gasteiger partial charge in [-0.25, -0.2) is 22.8 Å². The molecule has 0 amide bonds. The normalized spacial score (nSPS) is 22.6. The molecular weight excluding hydrogens is 495 g/mol. The van der Waals surface area contributed by atoms with Gasteiger partial charge < -0.3 is 9.80 Å². The maximum Gasteiger partial charge on any atom is 0.231 e. The molecule has 13 heteroatoms. The van der Waals surface area contributed by atoms with Gasteiger partial charge in [-0.2, -0.15) is 0 Å². The van der Waals surface area contributed by atoms with E-state index >= 15 is 0 Å². The second-order valence-corrected chi connectivity index (χ2v) is 12.7. The van der Waals surface area contributed by atoms with Crippen LogP contribution in [0.2, 0.25) is 5.02 Å². The Morgan fingerprint density at radius 3 is 2.43 bits per heavy atom. The topological polar surface area (TPSA) is 100 Å². The molecule has 3 aromatic rings. The van der Waals surface area contributed by atoms with Crippen LogP contribution in [0.3, 0.4) is 0 Å². The summed E-state index contributed by atoms with van der Waals surface area (Å²) < 4.78 is 38.9. The van der Waals surface area contributed by atoms with Crippen molar-refractivity contribution in [1.29, 1.82) is 0 Å². The summed E-state index contributed by atoms with van der Waals surface area (Å²) in [7, 11) is -2.94. The fourth-order valence-electron chi connectivity index (χ4n) is 5.70. The lowest BCUT2D eigenvalue weighted by molar-refractivity contribution is 0.152. The molecule has 7 rings (SSSR count). The van der Waals surface area contributed by atoms with Crippen molar-refractivity contribution in [3.63, 3.8) is 0 Å². The zero-order chi connectivity index (χ0) is 23.9. The minimum atomic E-state index is -2.94. The maximum absolute atomic E-state index is 13.1. The van der Waals surface area contributed by atoms with Crippen LogP contribution in [0.15, 0.2) is 30.6 Å². The van der Waals surface area contributed by atoms with E-state index in [4.69, 9.17) is 11.6 Å². The maximum atomic E-state index is 13.1. The third-order valence-electron chi connectivity index (χ3n) is 7.40. The second-order valence-electron chi connectivity index (χ2n) is 10.1. The molecule has 4 aliphatic heterocycles. The summed E-state index contributed by atoms with van der Waals surface area (Å²) in [6, 6.07) is 5.77. The predicted octanol–water partition coefficient (Wildman–Crippen LogP) is 1.29. The molecule has 3 saturated heterocycles. The van der Waals surface area contributed by atoms with E-state index < -0.39 is 15.7 Å². The minimum absolute atomic E-state index is 0.0274. The molecule has 0 bridgehead atoms. The molecule has 10 nitrogen and oxygen atoms in total. The van der Waals surface area contributed by atoms with E-state index in [1.165, 1.54) is 12.4 Å². The molecule has 0 N–H and O–H groups in total. The third kappa shape index (κ3) is 3.49. The minimum Gasteiger partial charge on any atom is -0.339 e. The first-order valence-corrected chi connectivity index (χ1v) is 13.6. The van der Waals surface area contributed by atoms with Gasteiger partial charge in [-0.3, -0.25) is 9.47 Å². The van der Waals surface area contributed by atoms with Crippen LogP contribution >= 0.6 is 11.6 Å². The highest BCUT2D eigenvalue weighted by Gasteiger charge is 2.54. The average molecular weight is 517 g/mol. The SMILES string of the molecule is O=S1(=O)CC(N2Cc3cc(Cl)ccc3-n3c(nnc3N3CC4(CN(c5ncc(F)cn5)C4)C3)C2)C1. The Balaban J connectivity index is 1.14.